The summed E-state index contributed by atoms with van der Waals surface area (Å²) in [6.07, 6.45) is 11.4. The van der Waals surface area contributed by atoms with Crippen LogP contribution in [0.4, 0.5) is 0 Å². The molecule has 268 valence electrons. The van der Waals surface area contributed by atoms with Gasteiger partial charge in [0, 0.05) is 11.5 Å². The Labute approximate surface area is 299 Å². The van der Waals surface area contributed by atoms with E-state index >= 15 is 0 Å². The molecular weight excluding hydrogens is 624 g/mol. The van der Waals surface area contributed by atoms with Gasteiger partial charge in [-0.05, 0) is 118 Å². The van der Waals surface area contributed by atoms with Gasteiger partial charge in [-0.1, -0.05) is 101 Å². The quantitative estimate of drug-likeness (QED) is 0.0579. The third-order valence-corrected chi connectivity index (χ3v) is 9.92. The lowest BCUT2D eigenvalue weighted by Gasteiger charge is -2.34. The van der Waals surface area contributed by atoms with Crippen molar-refractivity contribution < 1.29 is 29.3 Å². The zero-order chi connectivity index (χ0) is 36.5. The number of phenols is 2. The summed E-state index contributed by atoms with van der Waals surface area (Å²) in [4.78, 5) is 27.4. The van der Waals surface area contributed by atoms with Gasteiger partial charge in [-0.25, -0.2) is 9.59 Å². The number of phenolic OH excluding ortho intramolecular Hbond substituents is 2. The van der Waals surface area contributed by atoms with E-state index in [2.05, 4.69) is 47.3 Å². The van der Waals surface area contributed by atoms with Crippen molar-refractivity contribution in [3.05, 3.63) is 88.5 Å². The third kappa shape index (κ3) is 9.47. The van der Waals surface area contributed by atoms with Crippen molar-refractivity contribution in [3.8, 4) is 34.1 Å². The van der Waals surface area contributed by atoms with Crippen LogP contribution in [0.15, 0.2) is 60.7 Å². The molecule has 0 spiro atoms. The molecule has 0 unspecified atom stereocenters. The fourth-order valence-corrected chi connectivity index (χ4v) is 7.19. The monoisotopic (exact) mass is 680 g/mol. The van der Waals surface area contributed by atoms with Gasteiger partial charge in [0.05, 0.1) is 5.56 Å². The van der Waals surface area contributed by atoms with Crippen molar-refractivity contribution in [1.82, 2.24) is 0 Å². The SMILES string of the molecule is C=C(C)c1ccc(C)cc1-c1c(O)cc(CCCCC)cc1OC(=O)C(=O)Oc1cc(CCCCC)cc(O)c1[C@@H]1C=C(C)CC[C@H]1C(C)C. The molecule has 3 aromatic rings. The molecule has 6 heteroatoms. The van der Waals surface area contributed by atoms with E-state index in [1.54, 1.807) is 24.3 Å². The fraction of sp³-hybridized carbons (Fsp3) is 0.455. The molecule has 6 nitrogen and oxygen atoms in total. The summed E-state index contributed by atoms with van der Waals surface area (Å²) < 4.78 is 11.8. The maximum Gasteiger partial charge on any atom is 0.423 e. The highest BCUT2D eigenvalue weighted by molar-refractivity contribution is 6.31. The number of aromatic hydroxyl groups is 2. The van der Waals surface area contributed by atoms with Gasteiger partial charge >= 0.3 is 11.9 Å². The molecule has 2 atom stereocenters. The highest BCUT2D eigenvalue weighted by Crippen LogP contribution is 2.48. The van der Waals surface area contributed by atoms with Gasteiger partial charge in [0.15, 0.2) is 0 Å². The maximum atomic E-state index is 13.7. The maximum absolute atomic E-state index is 13.7. The Hall–Kier alpha value is -4.32. The first-order valence-electron chi connectivity index (χ1n) is 18.4. The molecule has 50 heavy (non-hydrogen) atoms. The predicted octanol–water partition coefficient (Wildman–Crippen LogP) is 11.2. The number of allylic oxidation sites excluding steroid dienone is 3. The normalized spacial score (nSPS) is 15.9. The Kier molecular flexibility index (Phi) is 13.5. The number of aryl methyl sites for hydroxylation is 3. The first kappa shape index (κ1) is 38.5. The average Bonchev–Trinajstić information content (AvgIpc) is 3.04. The first-order chi connectivity index (χ1) is 23.8. The van der Waals surface area contributed by atoms with Crippen LogP contribution in [0.25, 0.3) is 16.7 Å². The van der Waals surface area contributed by atoms with Crippen LogP contribution in [0.5, 0.6) is 23.0 Å². The minimum absolute atomic E-state index is 0.0468. The van der Waals surface area contributed by atoms with Crippen LogP contribution in [0.2, 0.25) is 0 Å². The summed E-state index contributed by atoms with van der Waals surface area (Å²) in [6, 6.07) is 12.8. The van der Waals surface area contributed by atoms with Crippen LogP contribution in [-0.4, -0.2) is 22.2 Å². The van der Waals surface area contributed by atoms with E-state index < -0.39 is 11.9 Å². The van der Waals surface area contributed by atoms with Crippen molar-refractivity contribution in [3.63, 3.8) is 0 Å². The predicted molar refractivity (Wildman–Crippen MR) is 203 cm³/mol. The first-order valence-corrected chi connectivity index (χ1v) is 18.4. The van der Waals surface area contributed by atoms with Crippen LogP contribution in [0.3, 0.4) is 0 Å². The van der Waals surface area contributed by atoms with Gasteiger partial charge in [0.2, 0.25) is 0 Å². The number of unbranched alkanes of at least 4 members (excludes halogenated alkanes) is 4. The van der Waals surface area contributed by atoms with Crippen LogP contribution >= 0.6 is 0 Å². The molecule has 0 radical (unpaired) electrons. The summed E-state index contributed by atoms with van der Waals surface area (Å²) in [5.74, 6) is -1.77. The summed E-state index contributed by atoms with van der Waals surface area (Å²) in [6.45, 7) is 18.6. The van der Waals surface area contributed by atoms with Gasteiger partial charge in [-0.15, -0.1) is 0 Å². The Morgan fingerprint density at radius 1 is 0.840 bits per heavy atom. The number of esters is 2. The van der Waals surface area contributed by atoms with Crippen LogP contribution in [0, 0.1) is 18.8 Å². The van der Waals surface area contributed by atoms with Crippen molar-refractivity contribution in [2.24, 2.45) is 11.8 Å². The number of ether oxygens (including phenoxy) is 2. The average molecular weight is 681 g/mol. The molecule has 3 aromatic carbocycles. The molecule has 2 N–H and O–H groups in total. The standard InChI is InChI=1S/C44H56O6/c1-9-11-13-15-31-23-37(45)41(35-21-29(7)17-19-33(35)27(3)4)39(25-31)49-43(47)44(48)50-40-26-32(16-14-12-10-2)24-38(46)42(40)36-22-30(8)18-20-34(36)28(5)6/h17,19,21-26,28,34,36,45-46H,3,9-16,18,20H2,1-2,4-8H3/t34-,36+/m0/s1. The van der Waals surface area contributed by atoms with E-state index in [-0.39, 0.29) is 34.8 Å². The Bertz CT molecular complexity index is 1730. The fourth-order valence-electron chi connectivity index (χ4n) is 7.19. The summed E-state index contributed by atoms with van der Waals surface area (Å²) in [7, 11) is 0. The Morgan fingerprint density at radius 3 is 2.00 bits per heavy atom. The summed E-state index contributed by atoms with van der Waals surface area (Å²) in [5.41, 5.74) is 6.85. The lowest BCUT2D eigenvalue weighted by Crippen LogP contribution is -2.27. The number of hydrogen-bond donors (Lipinski definition) is 2. The number of benzene rings is 3. The summed E-state index contributed by atoms with van der Waals surface area (Å²) in [5, 5.41) is 22.9. The molecule has 0 fully saturated rings. The molecule has 0 saturated carbocycles. The Balaban J connectivity index is 1.76. The highest BCUT2D eigenvalue weighted by atomic mass is 16.6. The van der Waals surface area contributed by atoms with Crippen LogP contribution < -0.4 is 9.47 Å². The number of hydrogen-bond acceptors (Lipinski definition) is 6. The second-order valence-electron chi connectivity index (χ2n) is 14.5. The number of carbonyl (C=O) groups excluding carboxylic acids is 2. The van der Waals surface area contributed by atoms with Gasteiger partial charge < -0.3 is 19.7 Å². The van der Waals surface area contributed by atoms with E-state index in [1.807, 2.05) is 32.0 Å². The van der Waals surface area contributed by atoms with Crippen LogP contribution in [0.1, 0.15) is 127 Å². The highest BCUT2D eigenvalue weighted by Gasteiger charge is 2.34. The van der Waals surface area contributed by atoms with Crippen molar-refractivity contribution >= 4 is 17.5 Å². The van der Waals surface area contributed by atoms with Gasteiger partial charge in [-0.3, -0.25) is 0 Å². The van der Waals surface area contributed by atoms with Crippen LogP contribution in [-0.2, 0) is 22.4 Å². The van der Waals surface area contributed by atoms with E-state index in [1.165, 1.54) is 5.57 Å². The van der Waals surface area contributed by atoms with Gasteiger partial charge in [0.25, 0.3) is 0 Å². The second-order valence-corrected chi connectivity index (χ2v) is 14.5. The zero-order valence-electron chi connectivity index (χ0n) is 31.2. The number of rotatable bonds is 14. The lowest BCUT2D eigenvalue weighted by atomic mass is 9.71. The molecule has 0 aromatic heterocycles. The molecular formula is C44H56O6. The Morgan fingerprint density at radius 2 is 1.42 bits per heavy atom. The molecule has 1 aliphatic carbocycles. The van der Waals surface area contributed by atoms with Gasteiger partial charge in [0.1, 0.15) is 23.0 Å². The minimum Gasteiger partial charge on any atom is -0.507 e. The molecule has 1 aliphatic rings. The third-order valence-electron chi connectivity index (χ3n) is 9.92. The molecule has 0 heterocycles. The van der Waals surface area contributed by atoms with E-state index in [0.29, 0.717) is 35.4 Å². The molecule has 0 bridgehead atoms. The van der Waals surface area contributed by atoms with Crippen molar-refractivity contribution in [2.45, 2.75) is 119 Å². The molecule has 0 aliphatic heterocycles. The second kappa shape index (κ2) is 17.6. The molecule has 0 amide bonds. The van der Waals surface area contributed by atoms with Crippen molar-refractivity contribution in [1.29, 1.82) is 0 Å². The molecule has 4 rings (SSSR count). The van der Waals surface area contributed by atoms with Gasteiger partial charge in [-0.2, -0.15) is 0 Å². The topological polar surface area (TPSA) is 93.1 Å². The zero-order valence-corrected chi connectivity index (χ0v) is 31.2. The van der Waals surface area contributed by atoms with E-state index in [9.17, 15) is 19.8 Å². The van der Waals surface area contributed by atoms with E-state index in [4.69, 9.17) is 9.47 Å². The van der Waals surface area contributed by atoms with Crippen molar-refractivity contribution in [2.75, 3.05) is 0 Å². The smallest absolute Gasteiger partial charge is 0.423 e. The summed E-state index contributed by atoms with van der Waals surface area (Å²) >= 11 is 0. The number of carbonyl (C=O) groups is 2. The largest absolute Gasteiger partial charge is 0.507 e. The van der Waals surface area contributed by atoms with E-state index in [0.717, 1.165) is 79.2 Å². The minimum atomic E-state index is -1.21. The molecule has 0 saturated heterocycles. The lowest BCUT2D eigenvalue weighted by molar-refractivity contribution is -0.156.